The van der Waals surface area contributed by atoms with Crippen molar-refractivity contribution < 1.29 is 14.3 Å². The maximum atomic E-state index is 12.7. The number of carbonyl (C=O) groups excluding carboxylic acids is 2. The number of amides is 1. The van der Waals surface area contributed by atoms with Crippen molar-refractivity contribution in [3.63, 3.8) is 0 Å². The van der Waals surface area contributed by atoms with Gasteiger partial charge in [0.15, 0.2) is 0 Å². The number of benzene rings is 1. The van der Waals surface area contributed by atoms with Gasteiger partial charge in [-0.05, 0) is 30.5 Å². The van der Waals surface area contributed by atoms with Crippen molar-refractivity contribution in [1.82, 2.24) is 4.90 Å². The monoisotopic (exact) mass is 369 g/mol. The molecule has 0 aliphatic carbocycles. The van der Waals surface area contributed by atoms with Crippen LogP contribution in [-0.2, 0) is 9.53 Å². The van der Waals surface area contributed by atoms with Gasteiger partial charge in [-0.3, -0.25) is 9.59 Å². The van der Waals surface area contributed by atoms with Crippen LogP contribution in [-0.4, -0.2) is 37.0 Å². The van der Waals surface area contributed by atoms with Crippen molar-refractivity contribution in [2.24, 2.45) is 11.8 Å². The van der Waals surface area contributed by atoms with E-state index in [1.54, 1.807) is 24.0 Å². The van der Waals surface area contributed by atoms with E-state index in [2.05, 4.69) is 29.8 Å². The standard InChI is InChI=1S/C17H24BrNO3/c1-12(2)8-9-19(11-13(3)17(21)22-4)16(20)14-6-5-7-15(18)10-14/h5-7,10,12-13H,8-9,11H2,1-4H3. The Morgan fingerprint density at radius 3 is 2.50 bits per heavy atom. The minimum absolute atomic E-state index is 0.0577. The summed E-state index contributed by atoms with van der Waals surface area (Å²) >= 11 is 3.38. The predicted octanol–water partition coefficient (Wildman–Crippen LogP) is 3.75. The summed E-state index contributed by atoms with van der Waals surface area (Å²) < 4.78 is 5.62. The zero-order valence-corrected chi connectivity index (χ0v) is 15.2. The highest BCUT2D eigenvalue weighted by molar-refractivity contribution is 9.10. The quantitative estimate of drug-likeness (QED) is 0.687. The Morgan fingerprint density at radius 2 is 1.95 bits per heavy atom. The van der Waals surface area contributed by atoms with E-state index in [1.165, 1.54) is 7.11 Å². The van der Waals surface area contributed by atoms with Crippen LogP contribution in [0.1, 0.15) is 37.6 Å². The van der Waals surface area contributed by atoms with Crippen LogP contribution in [0.2, 0.25) is 0 Å². The minimum Gasteiger partial charge on any atom is -0.469 e. The van der Waals surface area contributed by atoms with Gasteiger partial charge in [0, 0.05) is 23.1 Å². The van der Waals surface area contributed by atoms with Crippen molar-refractivity contribution >= 4 is 27.8 Å². The lowest BCUT2D eigenvalue weighted by molar-refractivity contribution is -0.145. The van der Waals surface area contributed by atoms with E-state index < -0.39 is 0 Å². The molecule has 1 aromatic rings. The van der Waals surface area contributed by atoms with Crippen LogP contribution in [0.15, 0.2) is 28.7 Å². The summed E-state index contributed by atoms with van der Waals surface area (Å²) in [6, 6.07) is 7.31. The highest BCUT2D eigenvalue weighted by Gasteiger charge is 2.22. The summed E-state index contributed by atoms with van der Waals surface area (Å²) in [5.41, 5.74) is 0.621. The van der Waals surface area contributed by atoms with Crippen LogP contribution >= 0.6 is 15.9 Å². The van der Waals surface area contributed by atoms with Crippen LogP contribution in [0.5, 0.6) is 0 Å². The smallest absolute Gasteiger partial charge is 0.310 e. The molecule has 0 saturated carbocycles. The summed E-state index contributed by atoms with van der Waals surface area (Å²) in [6.07, 6.45) is 0.896. The number of hydrogen-bond donors (Lipinski definition) is 0. The normalized spacial score (nSPS) is 12.1. The van der Waals surface area contributed by atoms with Crippen LogP contribution in [0, 0.1) is 11.8 Å². The van der Waals surface area contributed by atoms with E-state index in [1.807, 2.05) is 12.1 Å². The van der Waals surface area contributed by atoms with Crippen molar-refractivity contribution in [2.75, 3.05) is 20.2 Å². The molecule has 22 heavy (non-hydrogen) atoms. The largest absolute Gasteiger partial charge is 0.469 e. The first-order valence-electron chi connectivity index (χ1n) is 7.47. The first-order chi connectivity index (χ1) is 10.3. The molecule has 0 aliphatic rings. The lowest BCUT2D eigenvalue weighted by Crippen LogP contribution is -2.38. The molecular weight excluding hydrogens is 346 g/mol. The first kappa shape index (κ1) is 18.7. The number of esters is 1. The molecule has 0 saturated heterocycles. The molecule has 0 aliphatic heterocycles. The third kappa shape index (κ3) is 5.79. The lowest BCUT2D eigenvalue weighted by atomic mass is 10.1. The Hall–Kier alpha value is -1.36. The molecule has 5 heteroatoms. The van der Waals surface area contributed by atoms with Gasteiger partial charge in [0.1, 0.15) is 0 Å². The lowest BCUT2D eigenvalue weighted by Gasteiger charge is -2.26. The van der Waals surface area contributed by atoms with E-state index in [4.69, 9.17) is 4.74 Å². The maximum Gasteiger partial charge on any atom is 0.310 e. The Morgan fingerprint density at radius 1 is 1.27 bits per heavy atom. The zero-order valence-electron chi connectivity index (χ0n) is 13.6. The Bertz CT molecular complexity index is 516. The van der Waals surface area contributed by atoms with Crippen LogP contribution in [0.25, 0.3) is 0 Å². The second-order valence-corrected chi connectivity index (χ2v) is 6.78. The van der Waals surface area contributed by atoms with E-state index >= 15 is 0 Å². The molecule has 1 amide bonds. The van der Waals surface area contributed by atoms with E-state index in [-0.39, 0.29) is 17.8 Å². The predicted molar refractivity (Wildman–Crippen MR) is 90.7 cm³/mol. The van der Waals surface area contributed by atoms with Crippen LogP contribution in [0.3, 0.4) is 0 Å². The number of ether oxygens (including phenoxy) is 1. The number of carbonyl (C=O) groups is 2. The summed E-state index contributed by atoms with van der Waals surface area (Å²) in [7, 11) is 1.37. The number of methoxy groups -OCH3 is 1. The molecule has 1 aromatic carbocycles. The minimum atomic E-state index is -0.340. The van der Waals surface area contributed by atoms with Crippen LogP contribution in [0.4, 0.5) is 0 Å². The van der Waals surface area contributed by atoms with Gasteiger partial charge in [-0.2, -0.15) is 0 Å². The summed E-state index contributed by atoms with van der Waals surface area (Å²) in [5.74, 6) is -0.200. The van der Waals surface area contributed by atoms with Gasteiger partial charge < -0.3 is 9.64 Å². The van der Waals surface area contributed by atoms with Crippen molar-refractivity contribution in [2.45, 2.75) is 27.2 Å². The SMILES string of the molecule is COC(=O)C(C)CN(CCC(C)C)C(=O)c1cccc(Br)c1. The fraction of sp³-hybridized carbons (Fsp3) is 0.529. The molecule has 0 fully saturated rings. The second kappa shape index (κ2) is 8.93. The Labute approximate surface area is 141 Å². The summed E-state index contributed by atoms with van der Waals surface area (Å²) in [4.78, 5) is 26.1. The molecule has 0 radical (unpaired) electrons. The summed E-state index contributed by atoms with van der Waals surface area (Å²) in [6.45, 7) is 7.01. The van der Waals surface area contributed by atoms with E-state index in [0.29, 0.717) is 24.6 Å². The second-order valence-electron chi connectivity index (χ2n) is 5.87. The molecular formula is C17H24BrNO3. The Balaban J connectivity index is 2.88. The van der Waals surface area contributed by atoms with Gasteiger partial charge in [-0.25, -0.2) is 0 Å². The average molecular weight is 370 g/mol. The topological polar surface area (TPSA) is 46.6 Å². The molecule has 0 heterocycles. The molecule has 1 unspecified atom stereocenters. The molecule has 0 N–H and O–H groups in total. The molecule has 1 atom stereocenters. The van der Waals surface area contributed by atoms with Gasteiger partial charge in [0.05, 0.1) is 13.0 Å². The zero-order chi connectivity index (χ0) is 16.7. The van der Waals surface area contributed by atoms with Crippen LogP contribution < -0.4 is 0 Å². The van der Waals surface area contributed by atoms with Gasteiger partial charge in [0.25, 0.3) is 5.91 Å². The third-order valence-electron chi connectivity index (χ3n) is 3.43. The first-order valence-corrected chi connectivity index (χ1v) is 8.27. The highest BCUT2D eigenvalue weighted by atomic mass is 79.9. The number of nitrogens with zero attached hydrogens (tertiary/aromatic N) is 1. The number of hydrogen-bond acceptors (Lipinski definition) is 3. The van der Waals surface area contributed by atoms with E-state index in [0.717, 1.165) is 10.9 Å². The third-order valence-corrected chi connectivity index (χ3v) is 3.93. The van der Waals surface area contributed by atoms with E-state index in [9.17, 15) is 9.59 Å². The molecule has 0 spiro atoms. The number of halogens is 1. The van der Waals surface area contributed by atoms with Gasteiger partial charge in [0.2, 0.25) is 0 Å². The Kier molecular flexibility index (Phi) is 7.59. The van der Waals surface area contributed by atoms with Gasteiger partial charge >= 0.3 is 5.97 Å². The fourth-order valence-corrected chi connectivity index (χ4v) is 2.50. The van der Waals surface area contributed by atoms with Crippen molar-refractivity contribution in [3.8, 4) is 0 Å². The maximum absolute atomic E-state index is 12.7. The molecule has 4 nitrogen and oxygen atoms in total. The van der Waals surface area contributed by atoms with Crippen molar-refractivity contribution in [1.29, 1.82) is 0 Å². The molecule has 1 rings (SSSR count). The average Bonchev–Trinajstić information content (AvgIpc) is 2.49. The molecule has 0 bridgehead atoms. The summed E-state index contributed by atoms with van der Waals surface area (Å²) in [5, 5.41) is 0. The molecule has 0 aromatic heterocycles. The highest BCUT2D eigenvalue weighted by Crippen LogP contribution is 2.16. The number of rotatable bonds is 7. The van der Waals surface area contributed by atoms with Crippen molar-refractivity contribution in [3.05, 3.63) is 34.3 Å². The fourth-order valence-electron chi connectivity index (χ4n) is 2.10. The van der Waals surface area contributed by atoms with Gasteiger partial charge in [-0.15, -0.1) is 0 Å². The van der Waals surface area contributed by atoms with Gasteiger partial charge in [-0.1, -0.05) is 42.8 Å². The molecule has 122 valence electrons.